The maximum Gasteiger partial charge on any atom is 0.335 e. The van der Waals surface area contributed by atoms with Crippen molar-refractivity contribution in [2.75, 3.05) is 5.01 Å². The number of carbonyl (C=O) groups is 1. The lowest BCUT2D eigenvalue weighted by Crippen LogP contribution is -2.30. The molecule has 0 atom stereocenters. The number of aromatic nitrogens is 2. The van der Waals surface area contributed by atoms with Crippen LogP contribution in [-0.2, 0) is 4.79 Å². The summed E-state index contributed by atoms with van der Waals surface area (Å²) in [5.74, 6) is -1.23. The predicted octanol–water partition coefficient (Wildman–Crippen LogP) is 4.00. The van der Waals surface area contributed by atoms with E-state index in [-0.39, 0.29) is 33.2 Å². The summed E-state index contributed by atoms with van der Waals surface area (Å²) in [7, 11) is 0. The van der Waals surface area contributed by atoms with Crippen LogP contribution in [0.1, 0.15) is 12.5 Å². The normalized spacial score (nSPS) is 14.9. The molecule has 0 unspecified atom stereocenters. The highest BCUT2D eigenvalue weighted by Crippen LogP contribution is 2.33. The van der Waals surface area contributed by atoms with Crippen LogP contribution in [0.4, 0.5) is 5.69 Å². The first kappa shape index (κ1) is 21.9. The largest absolute Gasteiger partial charge is 0.494 e. The molecule has 3 aromatic rings. The van der Waals surface area contributed by atoms with Crippen LogP contribution in [0, 0.1) is 0 Å². The number of H-pyrrole nitrogens is 1. The highest BCUT2D eigenvalue weighted by molar-refractivity contribution is 6.38. The Morgan fingerprint density at radius 1 is 1.00 bits per heavy atom. The molecule has 1 aliphatic rings. The number of hydrazone groups is 1. The van der Waals surface area contributed by atoms with Crippen LogP contribution in [0.2, 0.25) is 15.1 Å². The van der Waals surface area contributed by atoms with Gasteiger partial charge < -0.3 is 5.11 Å². The van der Waals surface area contributed by atoms with E-state index >= 15 is 0 Å². The molecule has 2 heterocycles. The quantitative estimate of drug-likeness (QED) is 0.540. The van der Waals surface area contributed by atoms with Gasteiger partial charge >= 0.3 is 5.69 Å². The number of nitrogens with one attached hydrogen (secondary N) is 1. The maximum absolute atomic E-state index is 13.0. The van der Waals surface area contributed by atoms with E-state index in [1.54, 1.807) is 13.0 Å². The summed E-state index contributed by atoms with van der Waals surface area (Å²) in [6.07, 6.45) is 1.17. The van der Waals surface area contributed by atoms with Gasteiger partial charge in [-0.3, -0.25) is 14.6 Å². The van der Waals surface area contributed by atoms with E-state index < -0.39 is 23.0 Å². The van der Waals surface area contributed by atoms with Gasteiger partial charge in [0.1, 0.15) is 5.56 Å². The third kappa shape index (κ3) is 3.84. The van der Waals surface area contributed by atoms with Crippen molar-refractivity contribution in [1.82, 2.24) is 9.55 Å². The molecule has 0 bridgehead atoms. The molecule has 1 amide bonds. The van der Waals surface area contributed by atoms with Gasteiger partial charge in [-0.2, -0.15) is 10.1 Å². The zero-order valence-corrected chi connectivity index (χ0v) is 18.5. The number of anilines is 1. The summed E-state index contributed by atoms with van der Waals surface area (Å²) in [6, 6.07) is 10.6. The second-order valence-electron chi connectivity index (χ2n) is 6.76. The van der Waals surface area contributed by atoms with Crippen molar-refractivity contribution in [1.29, 1.82) is 0 Å². The van der Waals surface area contributed by atoms with Gasteiger partial charge in [-0.15, -0.1) is 0 Å². The van der Waals surface area contributed by atoms with Crippen LogP contribution in [-0.4, -0.2) is 26.3 Å². The Balaban J connectivity index is 1.83. The number of amides is 1. The number of hydrogen-bond acceptors (Lipinski definition) is 5. The lowest BCUT2D eigenvalue weighted by atomic mass is 10.1. The Morgan fingerprint density at radius 2 is 1.66 bits per heavy atom. The SMILES string of the molecule is CC1=NN(c2cc(Cl)ccc2Cl)C(=O)/C1=C/c1c(O)n(-c2ccc(Cl)cc2)c(=O)[nH]c1=O. The summed E-state index contributed by atoms with van der Waals surface area (Å²) in [5, 5.41) is 17.0. The summed E-state index contributed by atoms with van der Waals surface area (Å²) < 4.78 is 0.891. The van der Waals surface area contributed by atoms with Crippen LogP contribution < -0.4 is 16.3 Å². The van der Waals surface area contributed by atoms with Crippen LogP contribution in [0.5, 0.6) is 5.88 Å². The maximum atomic E-state index is 13.0. The number of rotatable bonds is 3. The van der Waals surface area contributed by atoms with Gasteiger partial charge in [0.2, 0.25) is 5.88 Å². The molecule has 1 aromatic heterocycles. The molecule has 1 aliphatic heterocycles. The predicted molar refractivity (Wildman–Crippen MR) is 124 cm³/mol. The Morgan fingerprint density at radius 3 is 2.34 bits per heavy atom. The monoisotopic (exact) mass is 490 g/mol. The summed E-state index contributed by atoms with van der Waals surface area (Å²) in [5.41, 5.74) is -1.19. The van der Waals surface area contributed by atoms with Crippen molar-refractivity contribution < 1.29 is 9.90 Å². The molecule has 32 heavy (non-hydrogen) atoms. The first-order valence-electron chi connectivity index (χ1n) is 9.08. The van der Waals surface area contributed by atoms with Crippen molar-refractivity contribution in [3.05, 3.63) is 89.5 Å². The number of aromatic hydroxyl groups is 1. The number of nitrogens with zero attached hydrogens (tertiary/aromatic N) is 3. The first-order chi connectivity index (χ1) is 15.2. The van der Waals surface area contributed by atoms with Gasteiger partial charge in [-0.05, 0) is 55.5 Å². The highest BCUT2D eigenvalue weighted by atomic mass is 35.5. The molecular formula is C21H13Cl3N4O4. The average Bonchev–Trinajstić information content (AvgIpc) is 3.01. The molecular weight excluding hydrogens is 479 g/mol. The number of carbonyl (C=O) groups excluding carboxylic acids is 1. The van der Waals surface area contributed by atoms with Gasteiger partial charge in [0, 0.05) is 10.0 Å². The number of aromatic amines is 1. The minimum atomic E-state index is -0.870. The fourth-order valence-electron chi connectivity index (χ4n) is 3.14. The lowest BCUT2D eigenvalue weighted by molar-refractivity contribution is -0.114. The topological polar surface area (TPSA) is 108 Å². The number of benzene rings is 2. The molecule has 0 spiro atoms. The first-order valence-corrected chi connectivity index (χ1v) is 10.2. The number of halogens is 3. The van der Waals surface area contributed by atoms with E-state index in [0.29, 0.717) is 10.0 Å². The van der Waals surface area contributed by atoms with Gasteiger partial charge in [0.05, 0.1) is 27.7 Å². The second-order valence-corrected chi connectivity index (χ2v) is 8.04. The van der Waals surface area contributed by atoms with Crippen molar-refractivity contribution in [3.8, 4) is 11.6 Å². The summed E-state index contributed by atoms with van der Waals surface area (Å²) in [6.45, 7) is 1.56. The van der Waals surface area contributed by atoms with Crippen molar-refractivity contribution in [3.63, 3.8) is 0 Å². The zero-order valence-electron chi connectivity index (χ0n) is 16.3. The van der Waals surface area contributed by atoms with Crippen molar-refractivity contribution in [2.24, 2.45) is 5.10 Å². The molecule has 11 heteroatoms. The Labute approximate surface area is 195 Å². The van der Waals surface area contributed by atoms with E-state index in [1.165, 1.54) is 42.5 Å². The average molecular weight is 492 g/mol. The van der Waals surface area contributed by atoms with Gasteiger partial charge in [0.15, 0.2) is 0 Å². The molecule has 0 fully saturated rings. The molecule has 162 valence electrons. The van der Waals surface area contributed by atoms with E-state index in [1.807, 2.05) is 0 Å². The van der Waals surface area contributed by atoms with Gasteiger partial charge in [-0.25, -0.2) is 9.36 Å². The Hall–Kier alpha value is -3.33. The standard InChI is InChI=1S/C21H13Cl3N4O4/c1-10-14(20(31)28(26-10)17-8-12(23)4-7-16(17)24)9-15-18(29)25-21(32)27(19(15)30)13-5-2-11(22)3-6-13/h2-9,30H,1H3,(H,25,29,32)/b14-9+. The fraction of sp³-hybridized carbons (Fsp3) is 0.0476. The zero-order chi connectivity index (χ0) is 23.2. The minimum absolute atomic E-state index is 0.0307. The molecule has 0 saturated heterocycles. The molecule has 0 saturated carbocycles. The molecule has 2 aromatic carbocycles. The third-order valence-corrected chi connectivity index (χ3v) is 5.50. The Kier molecular flexibility index (Phi) is 5.68. The lowest BCUT2D eigenvalue weighted by Gasteiger charge is -2.14. The molecule has 2 N–H and O–H groups in total. The van der Waals surface area contributed by atoms with Crippen molar-refractivity contribution in [2.45, 2.75) is 6.92 Å². The number of hydrogen-bond donors (Lipinski definition) is 2. The van der Waals surface area contributed by atoms with Crippen molar-refractivity contribution >= 4 is 58.2 Å². The summed E-state index contributed by atoms with van der Waals surface area (Å²) >= 11 is 18.1. The van der Waals surface area contributed by atoms with Crippen LogP contribution in [0.25, 0.3) is 11.8 Å². The molecule has 8 nitrogen and oxygen atoms in total. The van der Waals surface area contributed by atoms with Crippen LogP contribution >= 0.6 is 34.8 Å². The third-order valence-electron chi connectivity index (χ3n) is 4.69. The van der Waals surface area contributed by atoms with E-state index in [2.05, 4.69) is 10.1 Å². The van der Waals surface area contributed by atoms with Crippen LogP contribution in [0.3, 0.4) is 0 Å². The van der Waals surface area contributed by atoms with Gasteiger partial charge in [0.25, 0.3) is 11.5 Å². The second kappa shape index (κ2) is 8.31. The van der Waals surface area contributed by atoms with E-state index in [9.17, 15) is 19.5 Å². The van der Waals surface area contributed by atoms with Crippen LogP contribution in [0.15, 0.2) is 62.7 Å². The summed E-state index contributed by atoms with van der Waals surface area (Å²) in [4.78, 5) is 40.0. The highest BCUT2D eigenvalue weighted by Gasteiger charge is 2.31. The van der Waals surface area contributed by atoms with Gasteiger partial charge in [-0.1, -0.05) is 34.8 Å². The van der Waals surface area contributed by atoms with E-state index in [0.717, 1.165) is 9.58 Å². The molecule has 0 radical (unpaired) electrons. The molecule has 0 aliphatic carbocycles. The minimum Gasteiger partial charge on any atom is -0.494 e. The smallest absolute Gasteiger partial charge is 0.335 e. The van der Waals surface area contributed by atoms with E-state index in [4.69, 9.17) is 34.8 Å². The fourth-order valence-corrected chi connectivity index (χ4v) is 3.63. The molecule has 4 rings (SSSR count). The Bertz CT molecular complexity index is 1440.